The predicted octanol–water partition coefficient (Wildman–Crippen LogP) is 19.9. The number of nitrogens with one attached hydrogen (secondary N) is 1. The molecule has 0 unspecified atom stereocenters. The van der Waals surface area contributed by atoms with Gasteiger partial charge in [-0.15, -0.1) is 29.0 Å². The Balaban J connectivity index is 0.000000217. The lowest BCUT2D eigenvalue weighted by Gasteiger charge is -2.11. The van der Waals surface area contributed by atoms with Crippen LogP contribution >= 0.6 is 34.8 Å². The topological polar surface area (TPSA) is 371 Å². The monoisotopic (exact) mass is 1710 g/mol. The van der Waals surface area contributed by atoms with Crippen molar-refractivity contribution in [3.63, 3.8) is 0 Å². The molecule has 0 saturated carbocycles. The molecule has 13 N–H and O–H groups in total. The molecule has 33 heteroatoms. The van der Waals surface area contributed by atoms with E-state index >= 15 is 0 Å². The van der Waals surface area contributed by atoms with Crippen LogP contribution in [0.1, 0.15) is 62.0 Å². The minimum absolute atomic E-state index is 0. The highest BCUT2D eigenvalue weighted by Gasteiger charge is 2.17. The summed E-state index contributed by atoms with van der Waals surface area (Å²) in [5.41, 5.74) is 41.8. The highest BCUT2D eigenvalue weighted by molar-refractivity contribution is 6.84. The summed E-state index contributed by atoms with van der Waals surface area (Å²) in [5.74, 6) is 4.27. The Morgan fingerprint density at radius 2 is 0.950 bits per heavy atom. The average molecular weight is 1710 g/mol. The van der Waals surface area contributed by atoms with E-state index < -0.39 is 33.6 Å². The highest BCUT2D eigenvalue weighted by Crippen LogP contribution is 2.31. The van der Waals surface area contributed by atoms with E-state index in [1.165, 1.54) is 48.7 Å². The first kappa shape index (κ1) is 94.7. The van der Waals surface area contributed by atoms with Gasteiger partial charge in [0.25, 0.3) is 11.1 Å². The van der Waals surface area contributed by atoms with E-state index in [0.717, 1.165) is 10.9 Å². The number of H-pyrrole nitrogens is 1. The van der Waals surface area contributed by atoms with Crippen LogP contribution in [0.5, 0.6) is 0 Å². The van der Waals surface area contributed by atoms with Gasteiger partial charge in [0.15, 0.2) is 12.0 Å². The molecule has 119 heavy (non-hydrogen) atoms. The molecular weight excluding hydrogens is 1620 g/mol. The van der Waals surface area contributed by atoms with Crippen molar-refractivity contribution in [3.8, 4) is 47.0 Å². The fourth-order valence-corrected chi connectivity index (χ4v) is 12.0. The van der Waals surface area contributed by atoms with Crippen molar-refractivity contribution in [2.45, 2.75) is 92.2 Å². The number of rotatable bonds is 7. The second-order valence-corrected chi connectivity index (χ2v) is 38.9. The number of pyridine rings is 8. The summed E-state index contributed by atoms with van der Waals surface area (Å²) >= 11 is 17.5. The fraction of sp³-hybridized carbons (Fsp3) is 0.163. The number of nitrogens with zero attached hydrogens (tertiary/aromatic N) is 13. The first-order valence-corrected chi connectivity index (χ1v) is 43.9. The van der Waals surface area contributed by atoms with Crippen molar-refractivity contribution in [1.29, 1.82) is 0 Å². The molecule has 9 heterocycles. The first-order valence-electron chi connectivity index (χ1n) is 35.8. The molecule has 22 nitrogen and oxygen atoms in total. The van der Waals surface area contributed by atoms with E-state index in [4.69, 9.17) is 76.1 Å². The van der Waals surface area contributed by atoms with Crippen LogP contribution in [-0.2, 0) is 13.1 Å². The van der Waals surface area contributed by atoms with Crippen molar-refractivity contribution in [2.75, 3.05) is 22.9 Å². The fourth-order valence-electron chi connectivity index (χ4n) is 10.8. The van der Waals surface area contributed by atoms with Gasteiger partial charge in [0, 0.05) is 96.4 Å². The molecule has 0 fully saturated rings. The normalized spacial score (nSPS) is 10.5. The van der Waals surface area contributed by atoms with Crippen LogP contribution in [0.2, 0.25) is 54.3 Å². The second kappa shape index (κ2) is 43.1. The zero-order valence-corrected chi connectivity index (χ0v) is 70.5. The number of nitrogen functional groups attached to an aromatic ring is 4. The second-order valence-electron chi connectivity index (χ2n) is 28.2. The third-order valence-electron chi connectivity index (χ3n) is 16.4. The maximum Gasteiger partial charge on any atom is 0.255 e. The summed E-state index contributed by atoms with van der Waals surface area (Å²) in [6.45, 7) is 21.1. The largest absolute Gasteiger partial charge is 0.870 e. The number of terminal acetylenes is 2. The number of fused-ring (bicyclic) bond motifs is 6. The lowest BCUT2D eigenvalue weighted by molar-refractivity contribution is -0.346. The first-order chi connectivity index (χ1) is 55.5. The number of benzene rings is 6. The van der Waals surface area contributed by atoms with Gasteiger partial charge in [-0.3, -0.25) is 14.6 Å². The Bertz CT molecular complexity index is 6310. The Morgan fingerprint density at radius 3 is 1.44 bits per heavy atom. The number of hydrogen-bond donors (Lipinski definition) is 5. The van der Waals surface area contributed by atoms with Crippen molar-refractivity contribution >= 4 is 140 Å². The van der Waals surface area contributed by atoms with Crippen LogP contribution in [0.25, 0.3) is 87.1 Å². The van der Waals surface area contributed by atoms with Gasteiger partial charge in [-0.2, -0.15) is 4.39 Å². The third kappa shape index (κ3) is 25.9. The number of nitrogens with two attached hydrogens (primary N) is 4. The summed E-state index contributed by atoms with van der Waals surface area (Å²) in [6.07, 6.45) is 18.7. The quantitative estimate of drug-likeness (QED) is 0.0247. The number of hydrogen-bond acceptors (Lipinski definition) is 16. The molecule has 9 aromatic heterocycles. The van der Waals surface area contributed by atoms with E-state index in [2.05, 4.69) is 112 Å². The lowest BCUT2D eigenvalue weighted by Crippen LogP contribution is -2.25. The van der Waals surface area contributed by atoms with Gasteiger partial charge in [-0.05, 0) is 118 Å². The Labute approximate surface area is 698 Å². The average Bonchev–Trinajstić information content (AvgIpc) is 0.972. The number of para-hydroxylation sites is 6. The van der Waals surface area contributed by atoms with Crippen LogP contribution in [0, 0.1) is 70.7 Å². The molecule has 0 radical (unpaired) electrons. The van der Waals surface area contributed by atoms with Crippen LogP contribution in [0.4, 0.5) is 49.6 Å². The molecule has 15 aromatic rings. The molecule has 6 aromatic carbocycles. The summed E-state index contributed by atoms with van der Waals surface area (Å²) < 4.78 is 85.2. The minimum Gasteiger partial charge on any atom is -0.870 e. The van der Waals surface area contributed by atoms with Crippen molar-refractivity contribution in [1.82, 2.24) is 55.2 Å². The van der Waals surface area contributed by atoms with Crippen molar-refractivity contribution in [3.05, 3.63) is 304 Å². The molecule has 612 valence electrons. The standard InChI is InChI=1S/C20H19FN6O.C14H15FN2Si.C11H7FN2.C9H6ClFN2.2C9H5ClFN.C9H12N4O.C5H10Si.H3N.H2O/c1-12(2)27-8-4-5-13(20(27)28)10-26-11-17(24-25-26)15-9-18(22)23-19-14(15)6-3-7-16(19)21;1-18(2,3)8-7-10-9-13(16)17-14-11(10)5-4-6-12(14)15;1-2-7-6-10(13)14-11-8(7)4-3-5-9(11)12;10-6-4-8(12)13-9-5(6)2-1-3-7(9)11;2*10-7-4-5-12-9-6(7)2-1-3-8(9)11;1-7(2)13-5-3-4-8(9(13)14)6-11-12-10;1-5-6(2,3)4;;/h3-9,11-12H,10H2,1-2H3,(H2,22,23);4-6,9H,1-3H3,(H2,16,17);1,3-6H,(H2,13,14);1-4H,(H2,12,13);2*1-5H;3-5,7H,6H2,1-2H3;1H,2-4H3;1H3;1H2. The van der Waals surface area contributed by atoms with Crippen LogP contribution < -0.4 is 45.2 Å². The minimum atomic E-state index is -1.47. The number of azide groups is 1. The summed E-state index contributed by atoms with van der Waals surface area (Å²) in [6, 6.07) is 45.4. The maximum absolute atomic E-state index is 14.1. The molecule has 0 aliphatic carbocycles. The van der Waals surface area contributed by atoms with Gasteiger partial charge in [0.1, 0.15) is 102 Å². The van der Waals surface area contributed by atoms with E-state index in [1.807, 2.05) is 39.8 Å². The molecule has 0 spiro atoms. The zero-order valence-electron chi connectivity index (χ0n) is 66.3. The molecule has 0 aliphatic heterocycles. The molecular formula is C86H84Cl3F6N19O3Si2. The SMILES string of the molecule is C#C[Si](C)(C)C.C#Cc1cc(N)nc2c(F)cccc12.CC(C)n1cccc(CN=[N+]=[N-])c1=O.CC(C)n1cccc(Cn2cc(-c3cc(N)nc4c(F)cccc34)nn2)c1=O.C[Si](C)(C)C#Cc1cc(N)nc2c(F)cccc12.Fc1cccc2c(Cl)cc[nH+]c12.Fc1cccc2c(Cl)ccnc12.N.Nc1cc(Cl)c2cccc(F)c2n1.[OH-]. The Kier molecular flexibility index (Phi) is 34.3. The van der Waals surface area contributed by atoms with Gasteiger partial charge in [0.05, 0.1) is 39.7 Å². The lowest BCUT2D eigenvalue weighted by atomic mass is 10.1. The maximum atomic E-state index is 14.1. The third-order valence-corrected chi connectivity index (χ3v) is 19.1. The molecule has 0 aliphatic rings. The van der Waals surface area contributed by atoms with Crippen LogP contribution in [-0.4, -0.2) is 70.7 Å². The summed E-state index contributed by atoms with van der Waals surface area (Å²) in [7, 11) is -2.58. The molecule has 0 saturated heterocycles. The number of aromatic nitrogens is 11. The van der Waals surface area contributed by atoms with Gasteiger partial charge in [-0.25, -0.2) is 51.6 Å². The molecule has 15 rings (SSSR count). The summed E-state index contributed by atoms with van der Waals surface area (Å²) in [4.78, 5) is 49.4. The van der Waals surface area contributed by atoms with E-state index in [1.54, 1.807) is 154 Å². The highest BCUT2D eigenvalue weighted by atomic mass is 35.5. The van der Waals surface area contributed by atoms with Gasteiger partial charge in [-0.1, -0.05) is 175 Å². The Morgan fingerprint density at radius 1 is 0.529 bits per heavy atom. The van der Waals surface area contributed by atoms with Crippen molar-refractivity contribution < 1.29 is 36.8 Å². The van der Waals surface area contributed by atoms with Gasteiger partial charge >= 0.3 is 0 Å². The summed E-state index contributed by atoms with van der Waals surface area (Å²) in [5, 5.41) is 17.1. The molecule has 0 bridgehead atoms. The van der Waals surface area contributed by atoms with Gasteiger partial charge < -0.3 is 43.7 Å². The van der Waals surface area contributed by atoms with E-state index in [-0.39, 0.29) is 105 Å². The van der Waals surface area contributed by atoms with E-state index in [9.17, 15) is 35.9 Å². The van der Waals surface area contributed by atoms with E-state index in [0.29, 0.717) is 86.8 Å². The molecule has 0 amide bonds. The van der Waals surface area contributed by atoms with Crippen LogP contribution in [0.3, 0.4) is 0 Å². The van der Waals surface area contributed by atoms with Gasteiger partial charge in [0.2, 0.25) is 5.52 Å². The molecule has 0 atom stereocenters. The van der Waals surface area contributed by atoms with Crippen LogP contribution in [0.15, 0.2) is 216 Å². The smallest absolute Gasteiger partial charge is 0.255 e. The van der Waals surface area contributed by atoms with Crippen molar-refractivity contribution in [2.24, 2.45) is 5.11 Å². The number of halogens is 9. The number of anilines is 4. The zero-order chi connectivity index (χ0) is 85.6. The Hall–Kier alpha value is -13.2. The predicted molar refractivity (Wildman–Crippen MR) is 472 cm³/mol. The number of aromatic amines is 1.